The van der Waals surface area contributed by atoms with Crippen molar-refractivity contribution in [3.63, 3.8) is 0 Å². The smallest absolute Gasteiger partial charge is 0.173 e. The van der Waals surface area contributed by atoms with Crippen molar-refractivity contribution in [3.8, 4) is 0 Å². The molecule has 1 aromatic rings. The normalized spacial score (nSPS) is 26.1. The Morgan fingerprint density at radius 3 is 2.42 bits per heavy atom. The average Bonchev–Trinajstić information content (AvgIpc) is 2.85. The van der Waals surface area contributed by atoms with Gasteiger partial charge in [-0.3, -0.25) is 0 Å². The topological polar surface area (TPSA) is 15.3 Å². The second-order valence-corrected chi connectivity index (χ2v) is 6.34. The van der Waals surface area contributed by atoms with Gasteiger partial charge in [0.25, 0.3) is 0 Å². The highest BCUT2D eigenvalue weighted by molar-refractivity contribution is 7.80. The van der Waals surface area contributed by atoms with Gasteiger partial charge in [-0.15, -0.1) is 0 Å². The summed E-state index contributed by atoms with van der Waals surface area (Å²) >= 11 is 5.59. The molecule has 0 amide bonds. The van der Waals surface area contributed by atoms with Crippen molar-refractivity contribution >= 4 is 23.0 Å². The molecule has 2 fully saturated rings. The Hall–Kier alpha value is -1.09. The van der Waals surface area contributed by atoms with Crippen molar-refractivity contribution in [2.45, 2.75) is 32.6 Å². The number of hydrogen-bond donors (Lipinski definition) is 1. The van der Waals surface area contributed by atoms with Crippen molar-refractivity contribution in [2.75, 3.05) is 18.4 Å². The summed E-state index contributed by atoms with van der Waals surface area (Å²) in [7, 11) is 0. The van der Waals surface area contributed by atoms with Gasteiger partial charge in [-0.25, -0.2) is 0 Å². The molecule has 0 aromatic heterocycles. The second kappa shape index (κ2) is 5.49. The summed E-state index contributed by atoms with van der Waals surface area (Å²) in [5.41, 5.74) is 2.39. The maximum Gasteiger partial charge on any atom is 0.173 e. The van der Waals surface area contributed by atoms with Gasteiger partial charge in [0.1, 0.15) is 0 Å². The molecule has 2 aliphatic rings. The molecule has 102 valence electrons. The first-order valence-electron chi connectivity index (χ1n) is 7.35. The summed E-state index contributed by atoms with van der Waals surface area (Å²) in [6, 6.07) is 8.34. The van der Waals surface area contributed by atoms with E-state index in [4.69, 9.17) is 12.2 Å². The fourth-order valence-electron chi connectivity index (χ4n) is 3.48. The van der Waals surface area contributed by atoms with E-state index in [9.17, 15) is 0 Å². The standard InChI is InChI=1S/C16H22N2S/c1-12-6-2-5-9-15(12)17-16(19)18-10-13-7-3-4-8-14(13)11-18/h2,5-6,9,13-14H,3-4,7-8,10-11H2,1H3,(H,17,19). The number of fused-ring (bicyclic) bond motifs is 1. The van der Waals surface area contributed by atoms with Crippen molar-refractivity contribution < 1.29 is 0 Å². The van der Waals surface area contributed by atoms with Crippen LogP contribution in [-0.4, -0.2) is 23.1 Å². The van der Waals surface area contributed by atoms with Crippen molar-refractivity contribution in [3.05, 3.63) is 29.8 Å². The van der Waals surface area contributed by atoms with Crippen LogP contribution in [0.1, 0.15) is 31.2 Å². The van der Waals surface area contributed by atoms with Crippen molar-refractivity contribution in [1.82, 2.24) is 4.90 Å². The molecule has 1 aliphatic heterocycles. The molecule has 3 rings (SSSR count). The number of rotatable bonds is 1. The van der Waals surface area contributed by atoms with Gasteiger partial charge in [0.2, 0.25) is 0 Å². The van der Waals surface area contributed by atoms with E-state index in [-0.39, 0.29) is 0 Å². The molecule has 2 nitrogen and oxygen atoms in total. The van der Waals surface area contributed by atoms with Gasteiger partial charge >= 0.3 is 0 Å². The molecular weight excluding hydrogens is 252 g/mol. The maximum absolute atomic E-state index is 5.59. The first kappa shape index (κ1) is 12.9. The third-order valence-corrected chi connectivity index (χ3v) is 5.01. The van der Waals surface area contributed by atoms with Crippen LogP contribution in [-0.2, 0) is 0 Å². The van der Waals surface area contributed by atoms with Crippen LogP contribution >= 0.6 is 12.2 Å². The molecule has 19 heavy (non-hydrogen) atoms. The number of likely N-dealkylation sites (tertiary alicyclic amines) is 1. The molecule has 1 N–H and O–H groups in total. The summed E-state index contributed by atoms with van der Waals surface area (Å²) in [6.45, 7) is 4.43. The maximum atomic E-state index is 5.59. The highest BCUT2D eigenvalue weighted by atomic mass is 32.1. The number of para-hydroxylation sites is 1. The predicted molar refractivity (Wildman–Crippen MR) is 84.4 cm³/mol. The van der Waals surface area contributed by atoms with Gasteiger partial charge in [0, 0.05) is 18.8 Å². The predicted octanol–water partition coefficient (Wildman–Crippen LogP) is 3.81. The first-order chi connectivity index (χ1) is 9.24. The van der Waals surface area contributed by atoms with E-state index < -0.39 is 0 Å². The molecule has 1 aromatic carbocycles. The van der Waals surface area contributed by atoms with Crippen LogP contribution < -0.4 is 5.32 Å². The van der Waals surface area contributed by atoms with Gasteiger partial charge in [-0.1, -0.05) is 31.0 Å². The zero-order valence-electron chi connectivity index (χ0n) is 11.6. The first-order valence-corrected chi connectivity index (χ1v) is 7.76. The molecule has 1 heterocycles. The van der Waals surface area contributed by atoms with Crippen LogP contribution in [0, 0.1) is 18.8 Å². The minimum atomic E-state index is 0.880. The van der Waals surface area contributed by atoms with Crippen LogP contribution in [0.4, 0.5) is 5.69 Å². The highest BCUT2D eigenvalue weighted by Gasteiger charge is 2.35. The van der Waals surface area contributed by atoms with Crippen LogP contribution in [0.3, 0.4) is 0 Å². The molecule has 0 radical (unpaired) electrons. The van der Waals surface area contributed by atoms with E-state index in [1.807, 2.05) is 0 Å². The van der Waals surface area contributed by atoms with Gasteiger partial charge < -0.3 is 10.2 Å². The van der Waals surface area contributed by atoms with E-state index in [2.05, 4.69) is 41.4 Å². The SMILES string of the molecule is Cc1ccccc1NC(=S)N1CC2CCCCC2C1. The monoisotopic (exact) mass is 274 g/mol. The third-order valence-electron chi connectivity index (χ3n) is 4.65. The lowest BCUT2D eigenvalue weighted by molar-refractivity contribution is 0.299. The van der Waals surface area contributed by atoms with Gasteiger partial charge in [-0.05, 0) is 55.4 Å². The molecule has 0 spiro atoms. The number of nitrogens with one attached hydrogen (secondary N) is 1. The summed E-state index contributed by atoms with van der Waals surface area (Å²) < 4.78 is 0. The Labute approximate surface area is 121 Å². The summed E-state index contributed by atoms with van der Waals surface area (Å²) in [5, 5.41) is 4.33. The second-order valence-electron chi connectivity index (χ2n) is 5.95. The van der Waals surface area contributed by atoms with E-state index >= 15 is 0 Å². The number of anilines is 1. The van der Waals surface area contributed by atoms with E-state index in [1.54, 1.807) is 0 Å². The molecule has 1 saturated carbocycles. The number of aryl methyl sites for hydroxylation is 1. The molecule has 2 atom stereocenters. The lowest BCUT2D eigenvalue weighted by Gasteiger charge is -2.22. The average molecular weight is 274 g/mol. The zero-order chi connectivity index (χ0) is 13.2. The molecule has 0 bridgehead atoms. The lowest BCUT2D eigenvalue weighted by atomic mass is 9.82. The van der Waals surface area contributed by atoms with Crippen molar-refractivity contribution in [2.24, 2.45) is 11.8 Å². The number of nitrogens with zero attached hydrogens (tertiary/aromatic N) is 1. The van der Waals surface area contributed by atoms with Gasteiger partial charge in [-0.2, -0.15) is 0 Å². The largest absolute Gasteiger partial charge is 0.348 e. The van der Waals surface area contributed by atoms with Crippen LogP contribution in [0.15, 0.2) is 24.3 Å². The number of benzene rings is 1. The summed E-state index contributed by atoms with van der Waals surface area (Å²) in [6.07, 6.45) is 5.61. The Balaban J connectivity index is 1.64. The van der Waals surface area contributed by atoms with Crippen LogP contribution in [0.5, 0.6) is 0 Å². The number of hydrogen-bond acceptors (Lipinski definition) is 1. The molecule has 2 unspecified atom stereocenters. The van der Waals surface area contributed by atoms with E-state index in [1.165, 1.54) is 31.2 Å². The Bertz CT molecular complexity index is 458. The Kier molecular flexibility index (Phi) is 3.74. The van der Waals surface area contributed by atoms with E-state index in [0.717, 1.165) is 35.7 Å². The Morgan fingerprint density at radius 1 is 1.16 bits per heavy atom. The minimum absolute atomic E-state index is 0.880. The summed E-state index contributed by atoms with van der Waals surface area (Å²) in [5.74, 6) is 1.76. The fraction of sp³-hybridized carbons (Fsp3) is 0.562. The zero-order valence-corrected chi connectivity index (χ0v) is 12.4. The number of thiocarbonyl (C=S) groups is 1. The highest BCUT2D eigenvalue weighted by Crippen LogP contribution is 2.36. The third kappa shape index (κ3) is 2.76. The quantitative estimate of drug-likeness (QED) is 0.784. The lowest BCUT2D eigenvalue weighted by Crippen LogP contribution is -2.33. The molecule has 3 heteroatoms. The molecule has 1 aliphatic carbocycles. The van der Waals surface area contributed by atoms with E-state index in [0.29, 0.717) is 0 Å². The van der Waals surface area contributed by atoms with Gasteiger partial charge in [0.15, 0.2) is 5.11 Å². The van der Waals surface area contributed by atoms with Crippen LogP contribution in [0.2, 0.25) is 0 Å². The summed E-state index contributed by atoms with van der Waals surface area (Å²) in [4.78, 5) is 2.38. The Morgan fingerprint density at radius 2 is 1.79 bits per heavy atom. The molecular formula is C16H22N2S. The van der Waals surface area contributed by atoms with Gasteiger partial charge in [0.05, 0.1) is 0 Å². The molecule has 1 saturated heterocycles. The van der Waals surface area contributed by atoms with Crippen LogP contribution in [0.25, 0.3) is 0 Å². The fourth-order valence-corrected chi connectivity index (χ4v) is 3.74. The minimum Gasteiger partial charge on any atom is -0.348 e. The van der Waals surface area contributed by atoms with Crippen molar-refractivity contribution in [1.29, 1.82) is 0 Å².